The third-order valence-corrected chi connectivity index (χ3v) is 4.52. The zero-order valence-electron chi connectivity index (χ0n) is 17.3. The Morgan fingerprint density at radius 3 is 2.72 bits per heavy atom. The second-order valence-electron chi connectivity index (χ2n) is 6.62. The summed E-state index contributed by atoms with van der Waals surface area (Å²) in [6.45, 7) is 3.38. The molecule has 0 saturated heterocycles. The van der Waals surface area contributed by atoms with Crippen LogP contribution in [0.1, 0.15) is 25.4 Å². The third-order valence-electron chi connectivity index (χ3n) is 4.28. The number of hydrogen-bond acceptors (Lipinski definition) is 7. The number of carbonyl (C=O) groups is 3. The van der Waals surface area contributed by atoms with Crippen LogP contribution in [-0.4, -0.2) is 35.2 Å². The molecule has 0 fully saturated rings. The molecule has 0 saturated carbocycles. The average Bonchev–Trinajstić information content (AvgIpc) is 3.30. The van der Waals surface area contributed by atoms with Crippen molar-refractivity contribution in [1.82, 2.24) is 5.32 Å². The number of benzene rings is 1. The summed E-state index contributed by atoms with van der Waals surface area (Å²) < 4.78 is 10.5. The molecule has 32 heavy (non-hydrogen) atoms. The summed E-state index contributed by atoms with van der Waals surface area (Å²) in [5.74, 6) is -1.96. The van der Waals surface area contributed by atoms with E-state index in [1.54, 1.807) is 44.2 Å². The second kappa shape index (κ2) is 9.97. The molecule has 1 aromatic carbocycles. The first kappa shape index (κ1) is 22.8. The van der Waals surface area contributed by atoms with Gasteiger partial charge in [-0.25, -0.2) is 9.79 Å². The molecule has 1 aliphatic heterocycles. The molecule has 0 unspecified atom stereocenters. The number of hydrogen-bond donors (Lipinski definition) is 3. The lowest BCUT2D eigenvalue weighted by molar-refractivity contribution is -0.138. The van der Waals surface area contributed by atoms with Crippen molar-refractivity contribution in [3.05, 3.63) is 70.0 Å². The highest BCUT2D eigenvalue weighted by Gasteiger charge is 2.27. The van der Waals surface area contributed by atoms with E-state index in [4.69, 9.17) is 20.8 Å². The number of carbonyl (C=O) groups excluding carboxylic acids is 3. The minimum Gasteiger partial charge on any atom is -0.505 e. The Bertz CT molecular complexity index is 1160. The molecular weight excluding hydrogens is 438 g/mol. The van der Waals surface area contributed by atoms with Gasteiger partial charge in [-0.2, -0.15) is 0 Å². The van der Waals surface area contributed by atoms with Gasteiger partial charge in [-0.05, 0) is 44.2 Å². The van der Waals surface area contributed by atoms with E-state index in [0.717, 1.165) is 0 Å². The topological polar surface area (TPSA) is 130 Å². The van der Waals surface area contributed by atoms with Gasteiger partial charge in [0.1, 0.15) is 22.8 Å². The monoisotopic (exact) mass is 457 g/mol. The molecule has 2 amide bonds. The maximum Gasteiger partial charge on any atom is 0.343 e. The summed E-state index contributed by atoms with van der Waals surface area (Å²) in [6, 6.07) is 9.61. The van der Waals surface area contributed by atoms with Crippen molar-refractivity contribution in [2.24, 2.45) is 4.99 Å². The van der Waals surface area contributed by atoms with Gasteiger partial charge in [0, 0.05) is 16.8 Å². The number of rotatable bonds is 6. The van der Waals surface area contributed by atoms with Gasteiger partial charge in [0.25, 0.3) is 0 Å². The number of halogens is 1. The van der Waals surface area contributed by atoms with E-state index in [2.05, 4.69) is 15.6 Å². The van der Waals surface area contributed by atoms with Gasteiger partial charge in [0.2, 0.25) is 0 Å². The standard InChI is InChI=1S/C22H20ClN3O6/c1-3-31-22(30)18-12(2)25-17(19(18)27)10-15-7-8-16(32-15)11-24-20(28)21(29)26-14-6-4-5-13(23)9-14/h4-10,27H,3,11H2,1-2H3,(H,24,28)(H,26,29)/b17-10+. The summed E-state index contributed by atoms with van der Waals surface area (Å²) in [4.78, 5) is 40.1. The normalized spacial score (nSPS) is 14.3. The van der Waals surface area contributed by atoms with E-state index < -0.39 is 17.8 Å². The maximum absolute atomic E-state index is 12.0. The van der Waals surface area contributed by atoms with E-state index >= 15 is 0 Å². The van der Waals surface area contributed by atoms with Crippen molar-refractivity contribution in [2.45, 2.75) is 20.4 Å². The molecule has 0 bridgehead atoms. The molecule has 2 aromatic rings. The minimum absolute atomic E-state index is 0.00265. The van der Waals surface area contributed by atoms with Crippen molar-refractivity contribution in [3.8, 4) is 0 Å². The fourth-order valence-electron chi connectivity index (χ4n) is 2.84. The number of aliphatic imine (C=N–C) groups is 1. The number of furan rings is 1. The van der Waals surface area contributed by atoms with Crippen LogP contribution in [0.5, 0.6) is 0 Å². The van der Waals surface area contributed by atoms with Gasteiger partial charge in [-0.15, -0.1) is 0 Å². The van der Waals surface area contributed by atoms with E-state index in [0.29, 0.717) is 27.9 Å². The van der Waals surface area contributed by atoms with Crippen LogP contribution in [0.3, 0.4) is 0 Å². The number of anilines is 1. The Hall–Kier alpha value is -3.85. The lowest BCUT2D eigenvalue weighted by atomic mass is 10.1. The average molecular weight is 458 g/mol. The SMILES string of the molecule is CCOC(=O)C1=C(O)/C(=C\c2ccc(CNC(=O)C(=O)Nc3cccc(Cl)c3)o2)N=C1C. The molecular formula is C22H20ClN3O6. The van der Waals surface area contributed by atoms with Gasteiger partial charge in [0.05, 0.1) is 18.9 Å². The fourth-order valence-corrected chi connectivity index (χ4v) is 3.03. The summed E-state index contributed by atoms with van der Waals surface area (Å²) >= 11 is 5.85. The van der Waals surface area contributed by atoms with Crippen LogP contribution in [0.2, 0.25) is 5.02 Å². The fraction of sp³-hybridized carbons (Fsp3) is 0.182. The summed E-state index contributed by atoms with van der Waals surface area (Å²) in [7, 11) is 0. The first-order valence-corrected chi connectivity index (χ1v) is 9.97. The number of aliphatic hydroxyl groups excluding tert-OH is 1. The van der Waals surface area contributed by atoms with E-state index in [1.165, 1.54) is 12.1 Å². The Balaban J connectivity index is 1.61. The Morgan fingerprint density at radius 2 is 2.00 bits per heavy atom. The number of amides is 2. The number of aliphatic hydroxyl groups is 1. The first-order chi connectivity index (χ1) is 15.3. The van der Waals surface area contributed by atoms with Crippen molar-refractivity contribution >= 4 is 46.9 Å². The molecule has 9 nitrogen and oxygen atoms in total. The molecule has 166 valence electrons. The molecule has 1 aromatic heterocycles. The van der Waals surface area contributed by atoms with E-state index in [1.807, 2.05) is 0 Å². The second-order valence-corrected chi connectivity index (χ2v) is 7.06. The van der Waals surface area contributed by atoms with Crippen LogP contribution < -0.4 is 10.6 Å². The summed E-state index contributed by atoms with van der Waals surface area (Å²) in [6.07, 6.45) is 1.45. The van der Waals surface area contributed by atoms with Gasteiger partial charge in [-0.3, -0.25) is 9.59 Å². The summed E-state index contributed by atoms with van der Waals surface area (Å²) in [5.41, 5.74) is 0.878. The van der Waals surface area contributed by atoms with Crippen LogP contribution in [-0.2, 0) is 25.7 Å². The van der Waals surface area contributed by atoms with Crippen LogP contribution >= 0.6 is 11.6 Å². The molecule has 0 aliphatic carbocycles. The first-order valence-electron chi connectivity index (χ1n) is 9.60. The minimum atomic E-state index is -0.850. The van der Waals surface area contributed by atoms with E-state index in [9.17, 15) is 19.5 Å². The predicted molar refractivity (Wildman–Crippen MR) is 118 cm³/mol. The number of nitrogens with one attached hydrogen (secondary N) is 2. The molecule has 10 heteroatoms. The molecule has 0 atom stereocenters. The highest BCUT2D eigenvalue weighted by Crippen LogP contribution is 2.27. The predicted octanol–water partition coefficient (Wildman–Crippen LogP) is 3.38. The van der Waals surface area contributed by atoms with Crippen molar-refractivity contribution in [2.75, 3.05) is 11.9 Å². The molecule has 3 N–H and O–H groups in total. The van der Waals surface area contributed by atoms with Crippen LogP contribution in [0.4, 0.5) is 5.69 Å². The van der Waals surface area contributed by atoms with Crippen LogP contribution in [0.15, 0.2) is 62.8 Å². The Labute approximate surface area is 188 Å². The lowest BCUT2D eigenvalue weighted by Crippen LogP contribution is -2.34. The Morgan fingerprint density at radius 1 is 1.22 bits per heavy atom. The zero-order valence-corrected chi connectivity index (χ0v) is 18.0. The number of esters is 1. The van der Waals surface area contributed by atoms with Crippen molar-refractivity contribution in [1.29, 1.82) is 0 Å². The number of nitrogens with zero attached hydrogens (tertiary/aromatic N) is 1. The molecule has 0 spiro atoms. The van der Waals surface area contributed by atoms with Crippen molar-refractivity contribution < 1.29 is 28.6 Å². The number of ether oxygens (including phenoxy) is 1. The quantitative estimate of drug-likeness (QED) is 0.450. The summed E-state index contributed by atoms with van der Waals surface area (Å²) in [5, 5.41) is 15.6. The molecule has 3 rings (SSSR count). The highest BCUT2D eigenvalue weighted by atomic mass is 35.5. The van der Waals surface area contributed by atoms with Crippen LogP contribution in [0.25, 0.3) is 6.08 Å². The third kappa shape index (κ3) is 5.44. The van der Waals surface area contributed by atoms with Crippen molar-refractivity contribution in [3.63, 3.8) is 0 Å². The van der Waals surface area contributed by atoms with Gasteiger partial charge < -0.3 is 24.9 Å². The zero-order chi connectivity index (χ0) is 23.3. The molecule has 2 heterocycles. The lowest BCUT2D eigenvalue weighted by Gasteiger charge is -2.05. The van der Waals surface area contributed by atoms with Gasteiger partial charge in [-0.1, -0.05) is 17.7 Å². The van der Waals surface area contributed by atoms with Gasteiger partial charge in [0.15, 0.2) is 5.76 Å². The highest BCUT2D eigenvalue weighted by molar-refractivity contribution is 6.39. The van der Waals surface area contributed by atoms with Gasteiger partial charge >= 0.3 is 17.8 Å². The maximum atomic E-state index is 12.0. The largest absolute Gasteiger partial charge is 0.505 e. The molecule has 1 aliphatic rings. The Kier molecular flexibility index (Phi) is 7.11. The molecule has 0 radical (unpaired) electrons. The van der Waals surface area contributed by atoms with E-state index in [-0.39, 0.29) is 30.2 Å². The smallest absolute Gasteiger partial charge is 0.343 e. The van der Waals surface area contributed by atoms with Crippen LogP contribution in [0, 0.1) is 0 Å².